The monoisotopic (exact) mass is 219 g/mol. The molecule has 0 saturated carbocycles. The number of nitrogens with zero attached hydrogens (tertiary/aromatic N) is 2. The van der Waals surface area contributed by atoms with Crippen molar-refractivity contribution in [3.63, 3.8) is 0 Å². The van der Waals surface area contributed by atoms with E-state index in [4.69, 9.17) is 11.0 Å². The van der Waals surface area contributed by atoms with E-state index in [0.29, 0.717) is 24.2 Å². The van der Waals surface area contributed by atoms with Gasteiger partial charge in [-0.25, -0.2) is 0 Å². The maximum atomic E-state index is 9.21. The summed E-state index contributed by atoms with van der Waals surface area (Å²) in [5.41, 5.74) is 7.91. The van der Waals surface area contributed by atoms with Crippen LogP contribution >= 0.6 is 0 Å². The first kappa shape index (κ1) is 12.3. The molecule has 0 bridgehead atoms. The van der Waals surface area contributed by atoms with Crippen LogP contribution in [-0.2, 0) is 0 Å². The van der Waals surface area contributed by atoms with Crippen molar-refractivity contribution in [3.8, 4) is 6.07 Å². The lowest BCUT2D eigenvalue weighted by Crippen LogP contribution is -2.22. The molecule has 1 rings (SSSR count). The molecule has 3 N–H and O–H groups in total. The second-order valence-electron chi connectivity index (χ2n) is 3.94. The largest absolute Gasteiger partial charge is 0.397 e. The zero-order valence-corrected chi connectivity index (χ0v) is 9.64. The molecule has 1 unspecified atom stereocenters. The van der Waals surface area contributed by atoms with Crippen molar-refractivity contribution in [1.29, 1.82) is 5.26 Å². The van der Waals surface area contributed by atoms with Crippen LogP contribution in [-0.4, -0.2) is 24.8 Å². The first-order chi connectivity index (χ1) is 7.54. The number of anilines is 2. The number of benzene rings is 1. The Balaban J connectivity index is 2.82. The van der Waals surface area contributed by atoms with Crippen molar-refractivity contribution in [1.82, 2.24) is 0 Å². The minimum absolute atomic E-state index is 0.331. The quantitative estimate of drug-likeness (QED) is 0.750. The first-order valence-corrected chi connectivity index (χ1v) is 5.23. The number of nitrogen functional groups attached to an aromatic ring is 1. The summed E-state index contributed by atoms with van der Waals surface area (Å²) in [6, 6.07) is 7.27. The lowest BCUT2D eigenvalue weighted by molar-refractivity contribution is 0.187. The van der Waals surface area contributed by atoms with Gasteiger partial charge in [-0.15, -0.1) is 0 Å². The van der Waals surface area contributed by atoms with Gasteiger partial charge in [0.1, 0.15) is 0 Å². The number of nitrogens with two attached hydrogens (primary N) is 1. The smallest absolute Gasteiger partial charge is 0.0992 e. The fraction of sp³-hybridized carbons (Fsp3) is 0.417. The molecule has 0 aliphatic heterocycles. The van der Waals surface area contributed by atoms with Gasteiger partial charge in [0, 0.05) is 13.6 Å². The molecule has 0 aromatic heterocycles. The normalized spacial score (nSPS) is 11.9. The third-order valence-electron chi connectivity index (χ3n) is 2.45. The molecule has 0 spiro atoms. The number of aliphatic hydroxyl groups is 1. The number of hydrogen-bond donors (Lipinski definition) is 2. The van der Waals surface area contributed by atoms with Crippen molar-refractivity contribution < 1.29 is 5.11 Å². The third kappa shape index (κ3) is 3.14. The Hall–Kier alpha value is -1.73. The van der Waals surface area contributed by atoms with E-state index in [1.807, 2.05) is 11.9 Å². The zero-order chi connectivity index (χ0) is 12.1. The molecule has 0 amide bonds. The molecule has 1 aromatic rings. The molecule has 0 saturated heterocycles. The molecule has 0 aliphatic carbocycles. The Labute approximate surface area is 95.9 Å². The van der Waals surface area contributed by atoms with Crippen molar-refractivity contribution in [2.24, 2.45) is 0 Å². The van der Waals surface area contributed by atoms with Crippen molar-refractivity contribution in [2.45, 2.75) is 19.4 Å². The Morgan fingerprint density at radius 3 is 2.81 bits per heavy atom. The number of rotatable bonds is 4. The van der Waals surface area contributed by atoms with E-state index in [0.717, 1.165) is 5.69 Å². The van der Waals surface area contributed by atoms with Crippen LogP contribution in [0.5, 0.6) is 0 Å². The van der Waals surface area contributed by atoms with E-state index in [9.17, 15) is 5.11 Å². The molecule has 0 heterocycles. The lowest BCUT2D eigenvalue weighted by atomic mass is 10.1. The van der Waals surface area contributed by atoms with Crippen LogP contribution in [0.4, 0.5) is 11.4 Å². The van der Waals surface area contributed by atoms with Crippen molar-refractivity contribution in [2.75, 3.05) is 24.2 Å². The summed E-state index contributed by atoms with van der Waals surface area (Å²) in [6.45, 7) is 2.46. The average Bonchev–Trinajstić information content (AvgIpc) is 2.26. The molecule has 4 heteroatoms. The van der Waals surface area contributed by atoms with Crippen molar-refractivity contribution >= 4 is 11.4 Å². The van der Waals surface area contributed by atoms with Crippen LogP contribution < -0.4 is 10.6 Å². The molecular weight excluding hydrogens is 202 g/mol. The van der Waals surface area contributed by atoms with Gasteiger partial charge in [-0.1, -0.05) is 0 Å². The Bertz CT molecular complexity index is 396. The summed E-state index contributed by atoms with van der Waals surface area (Å²) >= 11 is 0. The maximum absolute atomic E-state index is 9.21. The van der Waals surface area contributed by atoms with Gasteiger partial charge in [0.15, 0.2) is 0 Å². The predicted octanol–water partition coefficient (Wildman–Crippen LogP) is 1.35. The fourth-order valence-corrected chi connectivity index (χ4v) is 1.44. The summed E-state index contributed by atoms with van der Waals surface area (Å²) in [5.74, 6) is 0. The third-order valence-corrected chi connectivity index (χ3v) is 2.45. The van der Waals surface area contributed by atoms with Gasteiger partial charge in [-0.05, 0) is 31.5 Å². The Morgan fingerprint density at radius 2 is 2.25 bits per heavy atom. The minimum atomic E-state index is -0.331. The van der Waals surface area contributed by atoms with E-state index < -0.39 is 0 Å². The van der Waals surface area contributed by atoms with E-state index >= 15 is 0 Å². The predicted molar refractivity (Wildman–Crippen MR) is 65.1 cm³/mol. The lowest BCUT2D eigenvalue weighted by Gasteiger charge is -2.21. The topological polar surface area (TPSA) is 73.3 Å². The molecule has 1 atom stereocenters. The maximum Gasteiger partial charge on any atom is 0.0992 e. The van der Waals surface area contributed by atoms with Gasteiger partial charge < -0.3 is 15.7 Å². The highest BCUT2D eigenvalue weighted by molar-refractivity contribution is 5.69. The molecule has 1 aromatic carbocycles. The first-order valence-electron chi connectivity index (χ1n) is 5.23. The molecule has 0 fully saturated rings. The second-order valence-corrected chi connectivity index (χ2v) is 3.94. The highest BCUT2D eigenvalue weighted by atomic mass is 16.3. The summed E-state index contributed by atoms with van der Waals surface area (Å²) in [5, 5.41) is 18.0. The minimum Gasteiger partial charge on any atom is -0.397 e. The van der Waals surface area contributed by atoms with E-state index in [1.165, 1.54) is 0 Å². The summed E-state index contributed by atoms with van der Waals surface area (Å²) < 4.78 is 0. The summed E-state index contributed by atoms with van der Waals surface area (Å²) in [6.07, 6.45) is 0.343. The molecular formula is C12H17N3O. The van der Waals surface area contributed by atoms with E-state index in [1.54, 1.807) is 25.1 Å². The van der Waals surface area contributed by atoms with E-state index in [-0.39, 0.29) is 6.10 Å². The van der Waals surface area contributed by atoms with Gasteiger partial charge in [0.2, 0.25) is 0 Å². The molecule has 0 aliphatic rings. The molecule has 86 valence electrons. The van der Waals surface area contributed by atoms with Gasteiger partial charge in [0.25, 0.3) is 0 Å². The number of hydrogen-bond acceptors (Lipinski definition) is 4. The molecule has 4 nitrogen and oxygen atoms in total. The SMILES string of the molecule is CC(O)CCN(C)c1cc(C#N)ccc1N. The van der Waals surface area contributed by atoms with Gasteiger partial charge in [-0.2, -0.15) is 5.26 Å². The van der Waals surface area contributed by atoms with Crippen LogP contribution in [0.3, 0.4) is 0 Å². The van der Waals surface area contributed by atoms with Gasteiger partial charge in [-0.3, -0.25) is 0 Å². The summed E-state index contributed by atoms with van der Waals surface area (Å²) in [4.78, 5) is 1.95. The number of aliphatic hydroxyl groups excluding tert-OH is 1. The second kappa shape index (κ2) is 5.38. The molecule has 16 heavy (non-hydrogen) atoms. The van der Waals surface area contributed by atoms with Crippen molar-refractivity contribution in [3.05, 3.63) is 23.8 Å². The van der Waals surface area contributed by atoms with E-state index in [2.05, 4.69) is 6.07 Å². The van der Waals surface area contributed by atoms with Crippen LogP contribution in [0.1, 0.15) is 18.9 Å². The Morgan fingerprint density at radius 1 is 1.56 bits per heavy atom. The Kier molecular flexibility index (Phi) is 4.15. The number of nitriles is 1. The van der Waals surface area contributed by atoms with Gasteiger partial charge >= 0.3 is 0 Å². The van der Waals surface area contributed by atoms with Crippen LogP contribution in [0, 0.1) is 11.3 Å². The van der Waals surface area contributed by atoms with Crippen LogP contribution in [0.2, 0.25) is 0 Å². The van der Waals surface area contributed by atoms with Crippen LogP contribution in [0.15, 0.2) is 18.2 Å². The highest BCUT2D eigenvalue weighted by Crippen LogP contribution is 2.23. The highest BCUT2D eigenvalue weighted by Gasteiger charge is 2.07. The van der Waals surface area contributed by atoms with Gasteiger partial charge in [0.05, 0.1) is 29.1 Å². The molecule has 0 radical (unpaired) electrons. The average molecular weight is 219 g/mol. The summed E-state index contributed by atoms with van der Waals surface area (Å²) in [7, 11) is 1.90. The van der Waals surface area contributed by atoms with Crippen LogP contribution in [0.25, 0.3) is 0 Å². The zero-order valence-electron chi connectivity index (χ0n) is 9.64. The standard InChI is InChI=1S/C12H17N3O/c1-9(16)5-6-15(2)12-7-10(8-13)3-4-11(12)14/h3-4,7,9,16H,5-6,14H2,1-2H3. The fourth-order valence-electron chi connectivity index (χ4n) is 1.44.